The predicted octanol–water partition coefficient (Wildman–Crippen LogP) is 2.06. The lowest BCUT2D eigenvalue weighted by Crippen LogP contribution is -2.44. The number of aryl methyl sites for hydroxylation is 1. The molecule has 2 aliphatic rings. The Labute approximate surface area is 142 Å². The molecule has 2 aromatic rings. The minimum atomic E-state index is 0.124. The molecular weight excluding hydrogens is 302 g/mol. The Morgan fingerprint density at radius 3 is 2.79 bits per heavy atom. The van der Waals surface area contributed by atoms with Crippen LogP contribution in [0.25, 0.3) is 11.0 Å². The monoisotopic (exact) mass is 327 g/mol. The minimum Gasteiger partial charge on any atom is -0.337 e. The van der Waals surface area contributed by atoms with Gasteiger partial charge in [-0.25, -0.2) is 4.68 Å². The van der Waals surface area contributed by atoms with Crippen molar-refractivity contribution in [2.45, 2.75) is 51.2 Å². The fourth-order valence-corrected chi connectivity index (χ4v) is 4.49. The van der Waals surface area contributed by atoms with Crippen LogP contribution < -0.4 is 0 Å². The SMILES string of the molecule is CC(C)N1[C@H]2CC[C@H]1CN(C(=O)c1ccc3c(c1)nnn3C)CC2. The molecule has 24 heavy (non-hydrogen) atoms. The Morgan fingerprint density at radius 2 is 2.00 bits per heavy atom. The average Bonchev–Trinajstić information content (AvgIpc) is 3.06. The lowest BCUT2D eigenvalue weighted by atomic mass is 10.1. The second kappa shape index (κ2) is 5.84. The van der Waals surface area contributed by atoms with Crippen LogP contribution in [0.15, 0.2) is 18.2 Å². The van der Waals surface area contributed by atoms with E-state index in [0.717, 1.165) is 36.1 Å². The number of aromatic nitrogens is 3. The van der Waals surface area contributed by atoms with E-state index in [2.05, 4.69) is 29.1 Å². The van der Waals surface area contributed by atoms with Crippen molar-refractivity contribution in [1.29, 1.82) is 0 Å². The predicted molar refractivity (Wildman–Crippen MR) is 92.8 cm³/mol. The summed E-state index contributed by atoms with van der Waals surface area (Å²) < 4.78 is 1.73. The lowest BCUT2D eigenvalue weighted by Gasteiger charge is -2.32. The van der Waals surface area contributed by atoms with Crippen molar-refractivity contribution >= 4 is 16.9 Å². The molecule has 6 heteroatoms. The van der Waals surface area contributed by atoms with Crippen molar-refractivity contribution in [2.24, 2.45) is 7.05 Å². The molecule has 0 unspecified atom stereocenters. The maximum absolute atomic E-state index is 13.0. The van der Waals surface area contributed by atoms with E-state index >= 15 is 0 Å². The van der Waals surface area contributed by atoms with E-state index in [-0.39, 0.29) is 5.91 Å². The number of nitrogens with zero attached hydrogens (tertiary/aromatic N) is 5. The molecule has 1 aromatic carbocycles. The number of hydrogen-bond donors (Lipinski definition) is 0. The van der Waals surface area contributed by atoms with Crippen LogP contribution >= 0.6 is 0 Å². The van der Waals surface area contributed by atoms with E-state index in [0.29, 0.717) is 18.1 Å². The molecule has 0 saturated carbocycles. The molecule has 2 bridgehead atoms. The molecule has 2 atom stereocenters. The van der Waals surface area contributed by atoms with Crippen LogP contribution in [0, 0.1) is 0 Å². The van der Waals surface area contributed by atoms with E-state index in [1.54, 1.807) is 4.68 Å². The van der Waals surface area contributed by atoms with Crippen LogP contribution in [0.2, 0.25) is 0 Å². The Bertz CT molecular complexity index is 768. The van der Waals surface area contributed by atoms with Gasteiger partial charge in [-0.3, -0.25) is 9.69 Å². The number of likely N-dealkylation sites (tertiary alicyclic amines) is 1. The van der Waals surface area contributed by atoms with Gasteiger partial charge in [-0.2, -0.15) is 0 Å². The fraction of sp³-hybridized carbons (Fsp3) is 0.611. The molecule has 1 amide bonds. The van der Waals surface area contributed by atoms with E-state index in [4.69, 9.17) is 0 Å². The average molecular weight is 327 g/mol. The molecule has 2 fully saturated rings. The molecular formula is C18H25N5O. The number of fused-ring (bicyclic) bond motifs is 3. The summed E-state index contributed by atoms with van der Waals surface area (Å²) in [6.45, 7) is 6.23. The molecule has 4 rings (SSSR count). The maximum atomic E-state index is 13.0. The number of hydrogen-bond acceptors (Lipinski definition) is 4. The van der Waals surface area contributed by atoms with Crippen molar-refractivity contribution in [3.63, 3.8) is 0 Å². The molecule has 0 aliphatic carbocycles. The number of benzene rings is 1. The van der Waals surface area contributed by atoms with Crippen molar-refractivity contribution in [3.05, 3.63) is 23.8 Å². The summed E-state index contributed by atoms with van der Waals surface area (Å²) in [7, 11) is 1.86. The summed E-state index contributed by atoms with van der Waals surface area (Å²) in [4.78, 5) is 17.7. The van der Waals surface area contributed by atoms with Gasteiger partial charge in [0.15, 0.2) is 0 Å². The summed E-state index contributed by atoms with van der Waals surface area (Å²) in [6.07, 6.45) is 3.56. The Hall–Kier alpha value is -1.95. The smallest absolute Gasteiger partial charge is 0.253 e. The van der Waals surface area contributed by atoms with Crippen LogP contribution in [-0.4, -0.2) is 61.9 Å². The van der Waals surface area contributed by atoms with Gasteiger partial charge in [0.25, 0.3) is 5.91 Å². The highest BCUT2D eigenvalue weighted by Crippen LogP contribution is 2.32. The zero-order valence-corrected chi connectivity index (χ0v) is 14.6. The van der Waals surface area contributed by atoms with Gasteiger partial charge in [0.2, 0.25) is 0 Å². The first-order valence-electron chi connectivity index (χ1n) is 8.90. The highest BCUT2D eigenvalue weighted by molar-refractivity contribution is 5.97. The van der Waals surface area contributed by atoms with Gasteiger partial charge in [-0.15, -0.1) is 5.10 Å². The van der Waals surface area contributed by atoms with E-state index in [9.17, 15) is 4.79 Å². The Kier molecular flexibility index (Phi) is 3.79. The van der Waals surface area contributed by atoms with Gasteiger partial charge >= 0.3 is 0 Å². The van der Waals surface area contributed by atoms with Crippen molar-refractivity contribution in [1.82, 2.24) is 24.8 Å². The molecule has 3 heterocycles. The zero-order valence-electron chi connectivity index (χ0n) is 14.6. The van der Waals surface area contributed by atoms with Gasteiger partial charge in [0, 0.05) is 43.8 Å². The normalized spacial score (nSPS) is 24.8. The third-order valence-corrected chi connectivity index (χ3v) is 5.58. The van der Waals surface area contributed by atoms with E-state index in [1.165, 1.54) is 12.8 Å². The lowest BCUT2D eigenvalue weighted by molar-refractivity contribution is 0.0728. The summed E-state index contributed by atoms with van der Waals surface area (Å²) in [5.74, 6) is 0.124. The van der Waals surface area contributed by atoms with Gasteiger partial charge in [0.1, 0.15) is 5.52 Å². The standard InChI is InChI=1S/C18H25N5O/c1-12(2)23-14-5-6-15(23)11-22(9-8-14)18(24)13-4-7-17-16(10-13)19-20-21(17)3/h4,7,10,12,14-15H,5-6,8-9,11H2,1-3H3/t14-,15-/m0/s1. The Balaban J connectivity index is 1.57. The highest BCUT2D eigenvalue weighted by Gasteiger charge is 2.39. The molecule has 6 nitrogen and oxygen atoms in total. The first-order valence-corrected chi connectivity index (χ1v) is 8.90. The van der Waals surface area contributed by atoms with Crippen molar-refractivity contribution in [3.8, 4) is 0 Å². The fourth-order valence-electron chi connectivity index (χ4n) is 4.49. The molecule has 0 N–H and O–H groups in total. The maximum Gasteiger partial charge on any atom is 0.253 e. The quantitative estimate of drug-likeness (QED) is 0.847. The number of rotatable bonds is 2. The zero-order chi connectivity index (χ0) is 16.8. The van der Waals surface area contributed by atoms with Crippen LogP contribution in [0.4, 0.5) is 0 Å². The van der Waals surface area contributed by atoms with Crippen molar-refractivity contribution < 1.29 is 4.79 Å². The number of carbonyl (C=O) groups is 1. The summed E-state index contributed by atoms with van der Waals surface area (Å²) in [6, 6.07) is 7.39. The third-order valence-electron chi connectivity index (χ3n) is 5.58. The molecule has 2 aliphatic heterocycles. The van der Waals surface area contributed by atoms with Gasteiger partial charge in [-0.05, 0) is 51.3 Å². The summed E-state index contributed by atoms with van der Waals surface area (Å²) in [5.41, 5.74) is 2.45. The topological polar surface area (TPSA) is 54.3 Å². The van der Waals surface area contributed by atoms with Gasteiger partial charge in [0.05, 0.1) is 5.52 Å². The Morgan fingerprint density at radius 1 is 1.21 bits per heavy atom. The van der Waals surface area contributed by atoms with E-state index in [1.807, 2.05) is 30.1 Å². The summed E-state index contributed by atoms with van der Waals surface area (Å²) in [5, 5.41) is 8.15. The van der Waals surface area contributed by atoms with Crippen LogP contribution in [0.3, 0.4) is 0 Å². The second-order valence-electron chi connectivity index (χ2n) is 7.38. The molecule has 0 radical (unpaired) electrons. The first kappa shape index (κ1) is 15.6. The third kappa shape index (κ3) is 2.49. The number of amides is 1. The van der Waals surface area contributed by atoms with Crippen LogP contribution in [0.5, 0.6) is 0 Å². The van der Waals surface area contributed by atoms with Crippen LogP contribution in [-0.2, 0) is 7.05 Å². The van der Waals surface area contributed by atoms with Crippen LogP contribution in [0.1, 0.15) is 43.5 Å². The highest BCUT2D eigenvalue weighted by atomic mass is 16.2. The minimum absolute atomic E-state index is 0.124. The second-order valence-corrected chi connectivity index (χ2v) is 7.38. The van der Waals surface area contributed by atoms with Gasteiger partial charge in [-0.1, -0.05) is 5.21 Å². The van der Waals surface area contributed by atoms with Gasteiger partial charge < -0.3 is 4.90 Å². The summed E-state index contributed by atoms with van der Waals surface area (Å²) >= 11 is 0. The number of carbonyl (C=O) groups excluding carboxylic acids is 1. The first-order chi connectivity index (χ1) is 11.5. The van der Waals surface area contributed by atoms with Crippen molar-refractivity contribution in [2.75, 3.05) is 13.1 Å². The molecule has 0 spiro atoms. The van der Waals surface area contributed by atoms with E-state index < -0.39 is 0 Å². The molecule has 2 saturated heterocycles. The largest absolute Gasteiger partial charge is 0.337 e. The molecule has 128 valence electrons. The molecule has 1 aromatic heterocycles.